The van der Waals surface area contributed by atoms with Crippen LogP contribution in [-0.2, 0) is 9.59 Å². The maximum atomic E-state index is 12.4. The lowest BCUT2D eigenvalue weighted by Crippen LogP contribution is -2.34. The van der Waals surface area contributed by atoms with E-state index in [0.29, 0.717) is 0 Å². The molecule has 0 saturated carbocycles. The van der Waals surface area contributed by atoms with Gasteiger partial charge >= 0.3 is 6.61 Å². The van der Waals surface area contributed by atoms with Gasteiger partial charge in [-0.1, -0.05) is 11.6 Å². The van der Waals surface area contributed by atoms with Gasteiger partial charge in [0.2, 0.25) is 0 Å². The summed E-state index contributed by atoms with van der Waals surface area (Å²) in [4.78, 5) is 24.4. The van der Waals surface area contributed by atoms with Gasteiger partial charge in [0, 0.05) is 11.1 Å². The van der Waals surface area contributed by atoms with Crippen molar-refractivity contribution >= 4 is 29.1 Å². The highest BCUT2D eigenvalue weighted by molar-refractivity contribution is 6.31. The maximum absolute atomic E-state index is 12.4. The third-order valence-corrected chi connectivity index (χ3v) is 3.00. The number of aliphatic hydroxyl groups excluding tert-OH is 1. The topological polar surface area (TPSA) is 78.9 Å². The number of rotatable bonds is 6. The Morgan fingerprint density at radius 3 is 2.73 bits per heavy atom. The zero-order valence-corrected chi connectivity index (χ0v) is 11.8. The number of carbonyl (C=O) groups excluding carboxylic acids is 2. The average Bonchev–Trinajstić information content (AvgIpc) is 2.69. The summed E-state index contributed by atoms with van der Waals surface area (Å²) in [7, 11) is 0. The molecule has 0 fully saturated rings. The van der Waals surface area contributed by atoms with Crippen molar-refractivity contribution in [1.29, 1.82) is 0 Å². The molecule has 0 saturated heterocycles. The number of halogens is 3. The summed E-state index contributed by atoms with van der Waals surface area (Å²) in [6.07, 6.45) is 1.01. The smallest absolute Gasteiger partial charge is 0.387 e. The zero-order valence-electron chi connectivity index (χ0n) is 11.1. The van der Waals surface area contributed by atoms with Crippen molar-refractivity contribution in [2.75, 3.05) is 18.5 Å². The summed E-state index contributed by atoms with van der Waals surface area (Å²) in [5, 5.41) is 11.6. The van der Waals surface area contributed by atoms with Gasteiger partial charge in [-0.2, -0.15) is 8.78 Å². The van der Waals surface area contributed by atoms with Crippen LogP contribution < -0.4 is 10.1 Å². The molecular weight excluding hydrogens is 322 g/mol. The number of carbonyl (C=O) groups is 2. The Kier molecular flexibility index (Phi) is 4.94. The van der Waals surface area contributed by atoms with E-state index in [4.69, 9.17) is 16.7 Å². The summed E-state index contributed by atoms with van der Waals surface area (Å²) < 4.78 is 29.0. The van der Waals surface area contributed by atoms with Crippen LogP contribution in [0.25, 0.3) is 0 Å². The number of alkyl halides is 2. The Labute approximate surface area is 128 Å². The summed E-state index contributed by atoms with van der Waals surface area (Å²) >= 11 is 5.78. The Hall–Kier alpha value is -2.19. The molecule has 1 aromatic rings. The molecule has 2 rings (SSSR count). The summed E-state index contributed by atoms with van der Waals surface area (Å²) in [5.74, 6) is -1.51. The van der Waals surface area contributed by atoms with Crippen molar-refractivity contribution in [3.8, 4) is 5.75 Å². The molecule has 0 spiro atoms. The lowest BCUT2D eigenvalue weighted by molar-refractivity contribution is -0.137. The van der Waals surface area contributed by atoms with Crippen LogP contribution in [0.3, 0.4) is 0 Å². The monoisotopic (exact) mass is 332 g/mol. The minimum absolute atomic E-state index is 0.0195. The van der Waals surface area contributed by atoms with E-state index in [-0.39, 0.29) is 35.3 Å². The summed E-state index contributed by atoms with van der Waals surface area (Å²) in [5.41, 5.74) is -0.106. The van der Waals surface area contributed by atoms with Crippen LogP contribution in [-0.4, -0.2) is 41.6 Å². The molecular formula is C13H11ClF2N2O4. The second kappa shape index (κ2) is 6.71. The van der Waals surface area contributed by atoms with Crippen LogP contribution in [0.1, 0.15) is 0 Å². The number of benzene rings is 1. The first-order valence-electron chi connectivity index (χ1n) is 6.12. The van der Waals surface area contributed by atoms with E-state index in [9.17, 15) is 18.4 Å². The number of amides is 2. The molecule has 6 nitrogen and oxygen atoms in total. The molecule has 22 heavy (non-hydrogen) atoms. The van der Waals surface area contributed by atoms with Crippen LogP contribution in [0.4, 0.5) is 14.5 Å². The molecule has 2 amide bonds. The quantitative estimate of drug-likeness (QED) is 0.774. The first kappa shape index (κ1) is 16.2. The molecule has 0 bridgehead atoms. The number of nitrogens with zero attached hydrogens (tertiary/aromatic N) is 1. The van der Waals surface area contributed by atoms with Gasteiger partial charge in [0.15, 0.2) is 0 Å². The minimum Gasteiger partial charge on any atom is -0.433 e. The summed E-state index contributed by atoms with van der Waals surface area (Å²) in [6.45, 7) is -3.59. The van der Waals surface area contributed by atoms with Crippen molar-refractivity contribution in [1.82, 2.24) is 4.90 Å². The highest BCUT2D eigenvalue weighted by Gasteiger charge is 2.31. The Morgan fingerprint density at radius 1 is 1.36 bits per heavy atom. The fraction of sp³-hybridized carbons (Fsp3) is 0.231. The number of nitrogens with one attached hydrogen (secondary N) is 1. The van der Waals surface area contributed by atoms with Gasteiger partial charge in [0.25, 0.3) is 11.8 Å². The largest absolute Gasteiger partial charge is 0.433 e. The fourth-order valence-corrected chi connectivity index (χ4v) is 2.03. The number of hydrogen-bond donors (Lipinski definition) is 2. The maximum Gasteiger partial charge on any atom is 0.387 e. The predicted molar refractivity (Wildman–Crippen MR) is 73.6 cm³/mol. The van der Waals surface area contributed by atoms with Gasteiger partial charge < -0.3 is 15.2 Å². The third kappa shape index (κ3) is 3.52. The van der Waals surface area contributed by atoms with E-state index < -0.39 is 18.4 Å². The third-order valence-electron chi connectivity index (χ3n) is 2.76. The molecule has 0 radical (unpaired) electrons. The normalized spacial score (nSPS) is 14.6. The van der Waals surface area contributed by atoms with Crippen molar-refractivity contribution in [3.63, 3.8) is 0 Å². The minimum atomic E-state index is -3.05. The van der Waals surface area contributed by atoms with Crippen molar-refractivity contribution in [2.24, 2.45) is 0 Å². The second-order valence-corrected chi connectivity index (χ2v) is 4.66. The molecule has 118 valence electrons. The number of imide groups is 1. The first-order chi connectivity index (χ1) is 10.4. The molecule has 2 N–H and O–H groups in total. The highest BCUT2D eigenvalue weighted by atomic mass is 35.5. The molecule has 0 aliphatic carbocycles. The van der Waals surface area contributed by atoms with E-state index in [2.05, 4.69) is 10.1 Å². The number of β-amino-alcohol motifs (C(OH)–C–C–N with tert-alkyl or cyclic N) is 1. The summed E-state index contributed by atoms with van der Waals surface area (Å²) in [6, 6.07) is 3.84. The van der Waals surface area contributed by atoms with Crippen LogP contribution in [0.2, 0.25) is 5.02 Å². The molecule has 1 heterocycles. The van der Waals surface area contributed by atoms with E-state index in [0.717, 1.165) is 11.0 Å². The molecule has 1 aliphatic rings. The van der Waals surface area contributed by atoms with Crippen LogP contribution in [0, 0.1) is 0 Å². The number of anilines is 1. The van der Waals surface area contributed by atoms with Crippen LogP contribution in [0.15, 0.2) is 30.0 Å². The van der Waals surface area contributed by atoms with Gasteiger partial charge in [-0.3, -0.25) is 14.5 Å². The Balaban J connectivity index is 2.24. The Bertz CT molecular complexity index is 636. The van der Waals surface area contributed by atoms with Crippen molar-refractivity contribution in [2.45, 2.75) is 6.61 Å². The standard InChI is InChI=1S/C13H11ClF2N2O4/c14-7-1-2-10(22-13(15)16)8(5-7)17-9-6-11(20)18(3-4-19)12(9)21/h1-2,5-6,13,17,19H,3-4H2. The molecule has 0 aromatic heterocycles. The number of ether oxygens (including phenoxy) is 1. The van der Waals surface area contributed by atoms with E-state index in [1.807, 2.05) is 0 Å². The van der Waals surface area contributed by atoms with E-state index in [1.165, 1.54) is 18.2 Å². The molecule has 0 atom stereocenters. The predicted octanol–water partition coefficient (Wildman–Crippen LogP) is 1.60. The van der Waals surface area contributed by atoms with Gasteiger partial charge in [-0.15, -0.1) is 0 Å². The van der Waals surface area contributed by atoms with Gasteiger partial charge in [0.1, 0.15) is 11.4 Å². The number of hydrogen-bond acceptors (Lipinski definition) is 5. The van der Waals surface area contributed by atoms with E-state index >= 15 is 0 Å². The van der Waals surface area contributed by atoms with E-state index in [1.54, 1.807) is 0 Å². The molecule has 1 aromatic carbocycles. The van der Waals surface area contributed by atoms with Crippen molar-refractivity contribution < 1.29 is 28.2 Å². The Morgan fingerprint density at radius 2 is 2.09 bits per heavy atom. The van der Waals surface area contributed by atoms with Gasteiger partial charge in [0.05, 0.1) is 18.8 Å². The van der Waals surface area contributed by atoms with Crippen LogP contribution in [0.5, 0.6) is 5.75 Å². The second-order valence-electron chi connectivity index (χ2n) is 4.22. The zero-order chi connectivity index (χ0) is 16.3. The highest BCUT2D eigenvalue weighted by Crippen LogP contribution is 2.31. The molecule has 9 heteroatoms. The number of aliphatic hydroxyl groups is 1. The SMILES string of the molecule is O=C1C=C(Nc2cc(Cl)ccc2OC(F)F)C(=O)N1CCO. The lowest BCUT2D eigenvalue weighted by Gasteiger charge is -2.15. The molecule has 0 unspecified atom stereocenters. The first-order valence-corrected chi connectivity index (χ1v) is 6.50. The van der Waals surface area contributed by atoms with Gasteiger partial charge in [-0.25, -0.2) is 0 Å². The fourth-order valence-electron chi connectivity index (χ4n) is 1.85. The average molecular weight is 333 g/mol. The van der Waals surface area contributed by atoms with Crippen molar-refractivity contribution in [3.05, 3.63) is 35.0 Å². The van der Waals surface area contributed by atoms with Crippen LogP contribution >= 0.6 is 11.6 Å². The van der Waals surface area contributed by atoms with Gasteiger partial charge in [-0.05, 0) is 18.2 Å². The molecule has 1 aliphatic heterocycles. The lowest BCUT2D eigenvalue weighted by atomic mass is 10.2.